The third-order valence-corrected chi connectivity index (χ3v) is 4.36. The zero-order chi connectivity index (χ0) is 18.6. The zero-order valence-corrected chi connectivity index (χ0v) is 16.3. The molecule has 0 amide bonds. The van der Waals surface area contributed by atoms with E-state index >= 15 is 0 Å². The highest BCUT2D eigenvalue weighted by molar-refractivity contribution is 5.79. The van der Waals surface area contributed by atoms with Gasteiger partial charge in [-0.05, 0) is 43.9 Å². The van der Waals surface area contributed by atoms with Gasteiger partial charge >= 0.3 is 0 Å². The molecule has 1 aromatic rings. The number of nitrogens with zero attached hydrogens (tertiary/aromatic N) is 1. The molecule has 1 unspecified atom stereocenters. The minimum absolute atomic E-state index is 0.579. The van der Waals surface area contributed by atoms with Crippen LogP contribution >= 0.6 is 0 Å². The lowest BCUT2D eigenvalue weighted by atomic mass is 10.1. The van der Waals surface area contributed by atoms with E-state index in [1.54, 1.807) is 7.05 Å². The largest absolute Gasteiger partial charge is 0.494 e. The van der Waals surface area contributed by atoms with Gasteiger partial charge in [0.05, 0.1) is 19.8 Å². The first-order chi connectivity index (χ1) is 12.7. The lowest BCUT2D eigenvalue weighted by Crippen LogP contribution is -2.37. The third kappa shape index (κ3) is 7.22. The summed E-state index contributed by atoms with van der Waals surface area (Å²) in [5.41, 5.74) is 2.36. The van der Waals surface area contributed by atoms with Crippen molar-refractivity contribution in [2.75, 3.05) is 46.6 Å². The first kappa shape index (κ1) is 20.5. The van der Waals surface area contributed by atoms with Crippen molar-refractivity contribution in [2.45, 2.75) is 33.2 Å². The fourth-order valence-corrected chi connectivity index (χ4v) is 2.89. The number of guanidine groups is 1. The Morgan fingerprint density at radius 3 is 2.92 bits per heavy atom. The normalized spacial score (nSPS) is 17.3. The summed E-state index contributed by atoms with van der Waals surface area (Å²) in [7, 11) is 1.79. The van der Waals surface area contributed by atoms with Crippen molar-refractivity contribution < 1.29 is 14.2 Å². The van der Waals surface area contributed by atoms with Gasteiger partial charge in [-0.3, -0.25) is 4.99 Å². The topological polar surface area (TPSA) is 64.1 Å². The highest BCUT2D eigenvalue weighted by Crippen LogP contribution is 2.19. The maximum Gasteiger partial charge on any atom is 0.191 e. The molecule has 0 aromatic heterocycles. The number of ether oxygens (including phenoxy) is 3. The Balaban J connectivity index is 1.60. The van der Waals surface area contributed by atoms with Crippen LogP contribution in [0.2, 0.25) is 0 Å². The van der Waals surface area contributed by atoms with Gasteiger partial charge in [-0.25, -0.2) is 0 Å². The van der Waals surface area contributed by atoms with Crippen LogP contribution in [0, 0.1) is 12.8 Å². The van der Waals surface area contributed by atoms with Crippen molar-refractivity contribution in [3.63, 3.8) is 0 Å². The van der Waals surface area contributed by atoms with E-state index < -0.39 is 0 Å². The van der Waals surface area contributed by atoms with Crippen molar-refractivity contribution in [1.29, 1.82) is 0 Å². The number of benzene rings is 1. The van der Waals surface area contributed by atoms with Gasteiger partial charge in [-0.1, -0.05) is 12.1 Å². The van der Waals surface area contributed by atoms with E-state index in [1.165, 1.54) is 5.56 Å². The zero-order valence-electron chi connectivity index (χ0n) is 16.3. The van der Waals surface area contributed by atoms with E-state index in [9.17, 15) is 0 Å². The van der Waals surface area contributed by atoms with Crippen LogP contribution in [0.4, 0.5) is 0 Å². The monoisotopic (exact) mass is 363 g/mol. The highest BCUT2D eigenvalue weighted by atomic mass is 16.5. The molecule has 1 fully saturated rings. The summed E-state index contributed by atoms with van der Waals surface area (Å²) in [5, 5.41) is 6.66. The molecule has 6 heteroatoms. The summed E-state index contributed by atoms with van der Waals surface area (Å²) in [6, 6.07) is 6.25. The molecule has 6 nitrogen and oxygen atoms in total. The molecule has 1 atom stereocenters. The molecule has 1 saturated heterocycles. The van der Waals surface area contributed by atoms with Crippen LogP contribution in [-0.2, 0) is 16.0 Å². The molecular weight excluding hydrogens is 330 g/mol. The van der Waals surface area contributed by atoms with Crippen LogP contribution in [0.3, 0.4) is 0 Å². The number of nitrogens with one attached hydrogen (secondary N) is 2. The van der Waals surface area contributed by atoms with Gasteiger partial charge in [0.25, 0.3) is 0 Å². The van der Waals surface area contributed by atoms with E-state index in [0.29, 0.717) is 12.5 Å². The van der Waals surface area contributed by atoms with Crippen molar-refractivity contribution in [1.82, 2.24) is 10.6 Å². The minimum atomic E-state index is 0.579. The van der Waals surface area contributed by atoms with Crippen LogP contribution in [0.1, 0.15) is 30.9 Å². The average molecular weight is 364 g/mol. The molecule has 2 rings (SSSR count). The van der Waals surface area contributed by atoms with E-state index in [1.807, 2.05) is 13.0 Å². The number of hydrogen-bond acceptors (Lipinski definition) is 4. The van der Waals surface area contributed by atoms with Crippen molar-refractivity contribution in [2.24, 2.45) is 10.9 Å². The smallest absolute Gasteiger partial charge is 0.191 e. The minimum Gasteiger partial charge on any atom is -0.494 e. The summed E-state index contributed by atoms with van der Waals surface area (Å²) in [4.78, 5) is 4.27. The summed E-state index contributed by atoms with van der Waals surface area (Å²) < 4.78 is 16.6. The lowest BCUT2D eigenvalue weighted by molar-refractivity contribution is 0.0888. The fraction of sp³-hybridized carbons (Fsp3) is 0.650. The van der Waals surface area contributed by atoms with E-state index in [0.717, 1.165) is 69.6 Å². The van der Waals surface area contributed by atoms with E-state index in [4.69, 9.17) is 14.2 Å². The summed E-state index contributed by atoms with van der Waals surface area (Å²) in [6.07, 6.45) is 2.08. The molecule has 1 aliphatic heterocycles. The first-order valence-electron chi connectivity index (χ1n) is 9.55. The maximum absolute atomic E-state index is 5.71. The van der Waals surface area contributed by atoms with Crippen molar-refractivity contribution in [3.05, 3.63) is 29.3 Å². The van der Waals surface area contributed by atoms with Gasteiger partial charge in [-0.2, -0.15) is 0 Å². The summed E-state index contributed by atoms with van der Waals surface area (Å²) >= 11 is 0. The summed E-state index contributed by atoms with van der Waals surface area (Å²) in [5.74, 6) is 2.33. The second kappa shape index (κ2) is 11.8. The predicted molar refractivity (Wildman–Crippen MR) is 105 cm³/mol. The summed E-state index contributed by atoms with van der Waals surface area (Å²) in [6.45, 7) is 9.62. The molecule has 1 aliphatic rings. The Morgan fingerprint density at radius 2 is 2.23 bits per heavy atom. The SMILES string of the molecule is CCOc1ccc(CNC(=NC)NCCCOCC2CCOC2)cc1C. The Bertz CT molecular complexity index is 557. The molecule has 0 spiro atoms. The molecule has 0 radical (unpaired) electrons. The first-order valence-corrected chi connectivity index (χ1v) is 9.55. The Kier molecular flexibility index (Phi) is 9.28. The molecule has 1 heterocycles. The van der Waals surface area contributed by atoms with Gasteiger partial charge in [-0.15, -0.1) is 0 Å². The van der Waals surface area contributed by atoms with Crippen molar-refractivity contribution >= 4 is 5.96 Å². The van der Waals surface area contributed by atoms with Crippen molar-refractivity contribution in [3.8, 4) is 5.75 Å². The van der Waals surface area contributed by atoms with Crippen LogP contribution in [0.15, 0.2) is 23.2 Å². The fourth-order valence-electron chi connectivity index (χ4n) is 2.89. The molecule has 146 valence electrons. The van der Waals surface area contributed by atoms with Gasteiger partial charge in [0.1, 0.15) is 5.75 Å². The molecular formula is C20H33N3O3. The van der Waals surface area contributed by atoms with Crippen LogP contribution in [-0.4, -0.2) is 52.6 Å². The average Bonchev–Trinajstić information content (AvgIpc) is 3.16. The molecule has 26 heavy (non-hydrogen) atoms. The number of rotatable bonds is 10. The van der Waals surface area contributed by atoms with E-state index in [-0.39, 0.29) is 0 Å². The molecule has 0 saturated carbocycles. The second-order valence-corrected chi connectivity index (χ2v) is 6.54. The van der Waals surface area contributed by atoms with E-state index in [2.05, 4.69) is 34.7 Å². The number of aryl methyl sites for hydroxylation is 1. The van der Waals surface area contributed by atoms with Gasteiger partial charge < -0.3 is 24.8 Å². The second-order valence-electron chi connectivity index (χ2n) is 6.54. The number of aliphatic imine (C=N–C) groups is 1. The predicted octanol–water partition coefficient (Wildman–Crippen LogP) is 2.50. The highest BCUT2D eigenvalue weighted by Gasteiger charge is 2.15. The van der Waals surface area contributed by atoms with Gasteiger partial charge in [0.2, 0.25) is 0 Å². The molecule has 2 N–H and O–H groups in total. The Labute approximate surface area is 157 Å². The molecule has 0 aliphatic carbocycles. The third-order valence-electron chi connectivity index (χ3n) is 4.36. The quantitative estimate of drug-likeness (QED) is 0.380. The molecule has 1 aromatic carbocycles. The molecule has 0 bridgehead atoms. The van der Waals surface area contributed by atoms with Gasteiger partial charge in [0, 0.05) is 39.3 Å². The van der Waals surface area contributed by atoms with Crippen LogP contribution < -0.4 is 15.4 Å². The maximum atomic E-state index is 5.71. The van der Waals surface area contributed by atoms with Gasteiger partial charge in [0.15, 0.2) is 5.96 Å². The lowest BCUT2D eigenvalue weighted by Gasteiger charge is -2.14. The van der Waals surface area contributed by atoms with Crippen LogP contribution in [0.25, 0.3) is 0 Å². The Hall–Kier alpha value is -1.79. The standard InChI is InChI=1S/C20H33N3O3/c1-4-26-19-7-6-17(12-16(19)2)13-23-20(21-3)22-9-5-10-24-14-18-8-11-25-15-18/h6-7,12,18H,4-5,8-11,13-15H2,1-3H3,(H2,21,22,23). The number of hydrogen-bond donors (Lipinski definition) is 2. The Morgan fingerprint density at radius 1 is 1.35 bits per heavy atom. The van der Waals surface area contributed by atoms with Crippen LogP contribution in [0.5, 0.6) is 5.75 Å².